The fourth-order valence-corrected chi connectivity index (χ4v) is 2.97. The van der Waals surface area contributed by atoms with Crippen molar-refractivity contribution in [3.63, 3.8) is 0 Å². The van der Waals surface area contributed by atoms with Gasteiger partial charge < -0.3 is 14.7 Å². The van der Waals surface area contributed by atoms with E-state index in [9.17, 15) is 9.59 Å². The van der Waals surface area contributed by atoms with Crippen LogP contribution in [0.3, 0.4) is 0 Å². The minimum Gasteiger partial charge on any atom is -0.481 e. The average Bonchev–Trinajstić information content (AvgIpc) is 2.93. The van der Waals surface area contributed by atoms with Gasteiger partial charge in [0.25, 0.3) is 0 Å². The molecule has 0 atom stereocenters. The third-order valence-corrected chi connectivity index (χ3v) is 4.11. The normalized spacial score (nSPS) is 14.8. The molecule has 3 rings (SSSR count). The Morgan fingerprint density at radius 1 is 1.12 bits per heavy atom. The summed E-state index contributed by atoms with van der Waals surface area (Å²) in [4.78, 5) is 23.5. The van der Waals surface area contributed by atoms with Gasteiger partial charge in [-0.1, -0.05) is 48.5 Å². The lowest BCUT2D eigenvalue weighted by Crippen LogP contribution is -2.30. The average molecular weight is 329 g/mol. The second-order valence-electron chi connectivity index (χ2n) is 5.60. The largest absolute Gasteiger partial charge is 0.481 e. The first-order chi connectivity index (χ1) is 12.8. The number of rotatable bonds is 5. The molecule has 0 aliphatic heterocycles. The van der Waals surface area contributed by atoms with Gasteiger partial charge in [-0.3, -0.25) is 4.79 Å². The highest BCUT2D eigenvalue weighted by Crippen LogP contribution is 2.44. The van der Waals surface area contributed by atoms with Crippen LogP contribution in [0.2, 0.25) is 0 Å². The molecule has 0 saturated carbocycles. The molecule has 2 aromatic carbocycles. The maximum Gasteiger partial charge on any atom is 0.409 e. The molecule has 5 heteroatoms. The molecule has 124 valence electrons. The second kappa shape index (κ2) is 6.74. The van der Waals surface area contributed by atoms with E-state index in [-0.39, 0.29) is 12.5 Å². The zero-order chi connectivity index (χ0) is 19.6. The van der Waals surface area contributed by atoms with Crippen LogP contribution in [-0.4, -0.2) is 42.2 Å². The van der Waals surface area contributed by atoms with E-state index in [1.165, 1.54) is 0 Å². The zero-order valence-electron chi connectivity index (χ0n) is 15.9. The molecule has 0 aromatic heterocycles. The summed E-state index contributed by atoms with van der Waals surface area (Å²) in [5.74, 6) is -1.38. The molecule has 0 saturated heterocycles. The summed E-state index contributed by atoms with van der Waals surface area (Å²) in [7, 11) is 0. The van der Waals surface area contributed by atoms with Gasteiger partial charge in [-0.05, 0) is 22.3 Å². The number of benzene rings is 2. The lowest BCUT2D eigenvalue weighted by molar-refractivity contribution is -0.137. The summed E-state index contributed by atoms with van der Waals surface area (Å²) in [6, 6.07) is 15.6. The number of ether oxygens (including phenoxy) is 1. The summed E-state index contributed by atoms with van der Waals surface area (Å²) < 4.78 is 27.6. The van der Waals surface area contributed by atoms with Gasteiger partial charge in [-0.25, -0.2) is 4.79 Å². The van der Waals surface area contributed by atoms with E-state index in [2.05, 4.69) is 0 Å². The van der Waals surface area contributed by atoms with Crippen molar-refractivity contribution < 1.29 is 23.5 Å². The van der Waals surface area contributed by atoms with Crippen LogP contribution in [0.4, 0.5) is 4.79 Å². The summed E-state index contributed by atoms with van der Waals surface area (Å²) in [5.41, 5.74) is 4.15. The Balaban J connectivity index is 1.77. The number of aliphatic carboxylic acids is 1. The van der Waals surface area contributed by atoms with E-state index in [4.69, 9.17) is 14.0 Å². The van der Waals surface area contributed by atoms with Crippen LogP contribution in [0.25, 0.3) is 11.1 Å². The predicted octanol–water partition coefficient (Wildman–Crippen LogP) is 3.34. The van der Waals surface area contributed by atoms with Gasteiger partial charge in [0.05, 0.1) is 6.42 Å². The molecule has 1 N–H and O–H groups in total. The van der Waals surface area contributed by atoms with E-state index in [1.807, 2.05) is 48.5 Å². The number of amides is 1. The molecule has 0 spiro atoms. The van der Waals surface area contributed by atoms with Crippen molar-refractivity contribution in [1.82, 2.24) is 4.90 Å². The van der Waals surface area contributed by atoms with Gasteiger partial charge in [0.15, 0.2) is 0 Å². The van der Waals surface area contributed by atoms with Crippen molar-refractivity contribution in [3.05, 3.63) is 59.7 Å². The van der Waals surface area contributed by atoms with Crippen LogP contribution >= 0.6 is 0 Å². The van der Waals surface area contributed by atoms with Crippen molar-refractivity contribution >= 4 is 12.1 Å². The first-order valence-corrected chi connectivity index (χ1v) is 7.63. The molecule has 1 aliphatic carbocycles. The third kappa shape index (κ3) is 3.11. The molecule has 0 bridgehead atoms. The minimum atomic E-state index is -2.77. The van der Waals surface area contributed by atoms with E-state index < -0.39 is 32.0 Å². The quantitative estimate of drug-likeness (QED) is 0.854. The minimum absolute atomic E-state index is 0.0213. The monoisotopic (exact) mass is 329 g/mol. The molecule has 1 amide bonds. The Morgan fingerprint density at radius 3 is 2.25 bits per heavy atom. The number of carboxylic acid groups (broad SMARTS) is 1. The predicted molar refractivity (Wildman–Crippen MR) is 90.0 cm³/mol. The fraction of sp³-hybridized carbons (Fsp3) is 0.263. The number of nitrogens with zero attached hydrogens (tertiary/aromatic N) is 1. The smallest absolute Gasteiger partial charge is 0.409 e. The van der Waals surface area contributed by atoms with Crippen molar-refractivity contribution in [3.8, 4) is 11.1 Å². The highest BCUT2D eigenvalue weighted by atomic mass is 16.6. The van der Waals surface area contributed by atoms with Crippen LogP contribution in [0.1, 0.15) is 27.6 Å². The zero-order valence-corrected chi connectivity index (χ0v) is 12.9. The lowest BCUT2D eigenvalue weighted by atomic mass is 9.98. The molecule has 0 heterocycles. The van der Waals surface area contributed by atoms with E-state index in [1.54, 1.807) is 0 Å². The van der Waals surface area contributed by atoms with Crippen LogP contribution in [-0.2, 0) is 9.53 Å². The molecule has 2 aromatic rings. The highest BCUT2D eigenvalue weighted by molar-refractivity contribution is 5.79. The molecular weight excluding hydrogens is 307 g/mol. The van der Waals surface area contributed by atoms with Gasteiger partial charge in [0.2, 0.25) is 0 Å². The van der Waals surface area contributed by atoms with Gasteiger partial charge in [-0.15, -0.1) is 0 Å². The molecule has 1 aliphatic rings. The summed E-state index contributed by atoms with van der Waals surface area (Å²) in [6.45, 7) is -3.23. The van der Waals surface area contributed by atoms with Crippen LogP contribution in [0.5, 0.6) is 0 Å². The standard InChI is InChI=1S/C19H19NO4/c1-20(11-10-18(21)22)19(23)24-12-17-15-8-4-2-6-13(15)14-7-3-5-9-16(14)17/h2-9,17H,10-12H2,1H3,(H,21,22)/i1D3,20+1. The van der Waals surface area contributed by atoms with E-state index in [0.717, 1.165) is 22.3 Å². The lowest BCUT2D eigenvalue weighted by Gasteiger charge is -2.19. The number of carbonyl (C=O) groups is 2. The number of fused-ring (bicyclic) bond motifs is 3. The Hall–Kier alpha value is -2.82. The Kier molecular flexibility index (Phi) is 3.54. The van der Waals surface area contributed by atoms with Crippen molar-refractivity contribution in [1.29, 1.82) is 0 Å². The van der Waals surface area contributed by atoms with Crippen molar-refractivity contribution in [2.45, 2.75) is 12.3 Å². The maximum absolute atomic E-state index is 12.3. The molecule has 0 unspecified atom stereocenters. The van der Waals surface area contributed by atoms with Gasteiger partial charge in [0, 0.05) is 23.6 Å². The van der Waals surface area contributed by atoms with Crippen molar-refractivity contribution in [2.75, 3.05) is 20.1 Å². The number of carboxylic acids is 1. The SMILES string of the molecule is [2H]C([2H])([2H])[15N](CCC(=O)O)C(=O)OCC1c2ccccc2-c2ccccc21. The topological polar surface area (TPSA) is 66.8 Å². The molecule has 24 heavy (non-hydrogen) atoms. The highest BCUT2D eigenvalue weighted by Gasteiger charge is 2.29. The van der Waals surface area contributed by atoms with Crippen LogP contribution in [0.15, 0.2) is 48.5 Å². The molecular formula is C19H19NO4. The third-order valence-electron chi connectivity index (χ3n) is 4.11. The summed E-state index contributed by atoms with van der Waals surface area (Å²) in [5, 5.41) is 8.77. The summed E-state index contributed by atoms with van der Waals surface area (Å²) in [6.07, 6.45) is -1.51. The van der Waals surface area contributed by atoms with E-state index in [0.29, 0.717) is 4.90 Å². The molecule has 5 nitrogen and oxygen atoms in total. The molecule has 0 fully saturated rings. The number of hydrogen-bond acceptors (Lipinski definition) is 3. The maximum atomic E-state index is 12.3. The fourth-order valence-electron chi connectivity index (χ4n) is 2.97. The molecule has 0 radical (unpaired) electrons. The van der Waals surface area contributed by atoms with Crippen LogP contribution < -0.4 is 0 Å². The van der Waals surface area contributed by atoms with Crippen LogP contribution in [0, 0.1) is 0 Å². The number of carbonyl (C=O) groups excluding carboxylic acids is 1. The Morgan fingerprint density at radius 2 is 1.71 bits per heavy atom. The van der Waals surface area contributed by atoms with Crippen molar-refractivity contribution in [2.24, 2.45) is 0 Å². The second-order valence-corrected chi connectivity index (χ2v) is 5.60. The Bertz CT molecular complexity index is 821. The van der Waals surface area contributed by atoms with E-state index >= 15 is 0 Å². The van der Waals surface area contributed by atoms with Gasteiger partial charge >= 0.3 is 12.1 Å². The Labute approximate surface area is 144 Å². The summed E-state index contributed by atoms with van der Waals surface area (Å²) >= 11 is 0. The first kappa shape index (κ1) is 12.6. The number of hydrogen-bond donors (Lipinski definition) is 1. The first-order valence-electron chi connectivity index (χ1n) is 9.13. The van der Waals surface area contributed by atoms with Gasteiger partial charge in [-0.2, -0.15) is 0 Å². The van der Waals surface area contributed by atoms with Gasteiger partial charge in [0.1, 0.15) is 6.61 Å².